The van der Waals surface area contributed by atoms with Crippen molar-refractivity contribution in [3.8, 4) is 0 Å². The van der Waals surface area contributed by atoms with Gasteiger partial charge in [-0.05, 0) is 11.5 Å². The summed E-state index contributed by atoms with van der Waals surface area (Å²) in [5.41, 5.74) is 1.11. The maximum atomic E-state index is 12.2. The summed E-state index contributed by atoms with van der Waals surface area (Å²) in [5, 5.41) is 2.08. The summed E-state index contributed by atoms with van der Waals surface area (Å²) in [6.07, 6.45) is -4.81. The summed E-state index contributed by atoms with van der Waals surface area (Å²) >= 11 is 0. The summed E-state index contributed by atoms with van der Waals surface area (Å²) in [6.45, 7) is 3.66. The van der Waals surface area contributed by atoms with Crippen LogP contribution in [0.1, 0.15) is 12.5 Å². The molecule has 0 aliphatic carbocycles. The van der Waals surface area contributed by atoms with Gasteiger partial charge in [0.2, 0.25) is 0 Å². The minimum absolute atomic E-state index is 0.00464. The number of hydrogen-bond acceptors (Lipinski definition) is 2. The van der Waals surface area contributed by atoms with Crippen molar-refractivity contribution in [3.63, 3.8) is 0 Å². The SMILES string of the molecule is C[C@H]1CN(Cc2ccccc2)C[C@H]1NC(=O)C(F)(F)F. The van der Waals surface area contributed by atoms with Gasteiger partial charge in [-0.3, -0.25) is 9.69 Å². The molecule has 1 heterocycles. The number of carbonyl (C=O) groups excluding carboxylic acids is 1. The quantitative estimate of drug-likeness (QED) is 0.923. The predicted octanol–water partition coefficient (Wildman–Crippen LogP) is 2.19. The van der Waals surface area contributed by atoms with E-state index in [1.165, 1.54) is 0 Å². The molecule has 1 fully saturated rings. The van der Waals surface area contributed by atoms with Crippen LogP contribution in [-0.4, -0.2) is 36.1 Å². The van der Waals surface area contributed by atoms with E-state index in [9.17, 15) is 18.0 Å². The minimum atomic E-state index is -4.81. The molecule has 6 heteroatoms. The summed E-state index contributed by atoms with van der Waals surface area (Å²) in [4.78, 5) is 13.0. The number of nitrogens with zero attached hydrogens (tertiary/aromatic N) is 1. The highest BCUT2D eigenvalue weighted by Gasteiger charge is 2.42. The van der Waals surface area contributed by atoms with E-state index < -0.39 is 18.1 Å². The summed E-state index contributed by atoms with van der Waals surface area (Å²) in [5.74, 6) is -1.85. The first-order valence-corrected chi connectivity index (χ1v) is 6.50. The van der Waals surface area contributed by atoms with Crippen LogP contribution in [0.25, 0.3) is 0 Å². The van der Waals surface area contributed by atoms with Crippen LogP contribution in [0.2, 0.25) is 0 Å². The first kappa shape index (κ1) is 14.8. The van der Waals surface area contributed by atoms with E-state index in [1.807, 2.05) is 37.3 Å². The average Bonchev–Trinajstić information content (AvgIpc) is 2.69. The largest absolute Gasteiger partial charge is 0.471 e. The van der Waals surface area contributed by atoms with Crippen molar-refractivity contribution in [3.05, 3.63) is 35.9 Å². The van der Waals surface area contributed by atoms with Gasteiger partial charge in [0, 0.05) is 25.7 Å². The van der Waals surface area contributed by atoms with Crippen LogP contribution in [0, 0.1) is 5.92 Å². The molecule has 3 nitrogen and oxygen atoms in total. The zero-order valence-electron chi connectivity index (χ0n) is 11.2. The van der Waals surface area contributed by atoms with E-state index in [0.29, 0.717) is 19.6 Å². The fraction of sp³-hybridized carbons (Fsp3) is 0.500. The zero-order valence-corrected chi connectivity index (χ0v) is 11.2. The number of rotatable bonds is 3. The molecule has 0 unspecified atom stereocenters. The fourth-order valence-electron chi connectivity index (χ4n) is 2.48. The van der Waals surface area contributed by atoms with Crippen LogP contribution >= 0.6 is 0 Å². The van der Waals surface area contributed by atoms with Crippen molar-refractivity contribution in [2.75, 3.05) is 13.1 Å². The number of likely N-dealkylation sites (tertiary alicyclic amines) is 1. The van der Waals surface area contributed by atoms with Crippen molar-refractivity contribution < 1.29 is 18.0 Å². The Bertz CT molecular complexity index is 461. The first-order valence-electron chi connectivity index (χ1n) is 6.50. The van der Waals surface area contributed by atoms with Gasteiger partial charge in [0.05, 0.1) is 0 Å². The molecular formula is C14H17F3N2O. The molecule has 1 aliphatic rings. The van der Waals surface area contributed by atoms with Gasteiger partial charge in [0.1, 0.15) is 0 Å². The highest BCUT2D eigenvalue weighted by Crippen LogP contribution is 2.21. The van der Waals surface area contributed by atoms with Crippen LogP contribution in [0.15, 0.2) is 30.3 Å². The lowest BCUT2D eigenvalue weighted by atomic mass is 10.1. The second kappa shape index (κ2) is 5.83. The standard InChI is InChI=1S/C14H17F3N2O/c1-10-7-19(8-11-5-3-2-4-6-11)9-12(10)18-13(20)14(15,16)17/h2-6,10,12H,7-9H2,1H3,(H,18,20)/t10-,12+/m0/s1. The van der Waals surface area contributed by atoms with E-state index in [1.54, 1.807) is 0 Å². The van der Waals surface area contributed by atoms with E-state index in [2.05, 4.69) is 10.2 Å². The Labute approximate surface area is 115 Å². The van der Waals surface area contributed by atoms with E-state index in [0.717, 1.165) is 5.56 Å². The van der Waals surface area contributed by atoms with Crippen LogP contribution in [-0.2, 0) is 11.3 Å². The van der Waals surface area contributed by atoms with E-state index in [-0.39, 0.29) is 5.92 Å². The predicted molar refractivity (Wildman–Crippen MR) is 68.9 cm³/mol. The maximum Gasteiger partial charge on any atom is 0.471 e. The smallest absolute Gasteiger partial charge is 0.344 e. The van der Waals surface area contributed by atoms with Gasteiger partial charge in [-0.25, -0.2) is 0 Å². The summed E-state index contributed by atoms with van der Waals surface area (Å²) in [7, 11) is 0. The lowest BCUT2D eigenvalue weighted by molar-refractivity contribution is -0.174. The number of benzene rings is 1. The highest BCUT2D eigenvalue weighted by molar-refractivity contribution is 5.82. The lowest BCUT2D eigenvalue weighted by Crippen LogP contribution is -2.46. The van der Waals surface area contributed by atoms with Gasteiger partial charge < -0.3 is 5.32 Å². The number of alkyl halides is 3. The molecule has 110 valence electrons. The van der Waals surface area contributed by atoms with E-state index in [4.69, 9.17) is 0 Å². The number of amides is 1. The van der Waals surface area contributed by atoms with Crippen molar-refractivity contribution in [2.45, 2.75) is 25.7 Å². The second-order valence-electron chi connectivity index (χ2n) is 5.23. The van der Waals surface area contributed by atoms with Gasteiger partial charge in [0.15, 0.2) is 0 Å². The molecule has 0 saturated carbocycles. The Kier molecular flexibility index (Phi) is 4.32. The minimum Gasteiger partial charge on any atom is -0.344 e. The number of carbonyl (C=O) groups is 1. The Hall–Kier alpha value is -1.56. The number of halogens is 3. The molecule has 1 saturated heterocycles. The number of nitrogens with one attached hydrogen (secondary N) is 1. The molecule has 0 aromatic heterocycles. The zero-order chi connectivity index (χ0) is 14.8. The van der Waals surface area contributed by atoms with Gasteiger partial charge in [-0.15, -0.1) is 0 Å². The van der Waals surface area contributed by atoms with E-state index >= 15 is 0 Å². The monoisotopic (exact) mass is 286 g/mol. The lowest BCUT2D eigenvalue weighted by Gasteiger charge is -2.18. The van der Waals surface area contributed by atoms with Crippen molar-refractivity contribution in [1.29, 1.82) is 0 Å². The molecule has 1 aromatic rings. The molecule has 1 amide bonds. The van der Waals surface area contributed by atoms with Crippen LogP contribution in [0.3, 0.4) is 0 Å². The van der Waals surface area contributed by atoms with Crippen LogP contribution < -0.4 is 5.32 Å². The maximum absolute atomic E-state index is 12.2. The topological polar surface area (TPSA) is 32.3 Å². The molecule has 20 heavy (non-hydrogen) atoms. The molecule has 2 atom stereocenters. The van der Waals surface area contributed by atoms with Crippen LogP contribution in [0.4, 0.5) is 13.2 Å². The molecule has 0 radical (unpaired) electrons. The Morgan fingerprint density at radius 2 is 1.95 bits per heavy atom. The molecular weight excluding hydrogens is 269 g/mol. The fourth-order valence-corrected chi connectivity index (χ4v) is 2.48. The molecule has 0 spiro atoms. The van der Waals surface area contributed by atoms with Gasteiger partial charge >= 0.3 is 12.1 Å². The summed E-state index contributed by atoms with van der Waals surface area (Å²) < 4.78 is 36.7. The molecule has 1 N–H and O–H groups in total. The Morgan fingerprint density at radius 3 is 2.55 bits per heavy atom. The third-order valence-corrected chi connectivity index (χ3v) is 3.51. The van der Waals surface area contributed by atoms with Gasteiger partial charge in [-0.1, -0.05) is 37.3 Å². The number of hydrogen-bond donors (Lipinski definition) is 1. The Balaban J connectivity index is 1.91. The first-order chi connectivity index (χ1) is 9.36. The van der Waals surface area contributed by atoms with Crippen LogP contribution in [0.5, 0.6) is 0 Å². The third-order valence-electron chi connectivity index (χ3n) is 3.51. The second-order valence-corrected chi connectivity index (χ2v) is 5.23. The molecule has 1 aliphatic heterocycles. The van der Waals surface area contributed by atoms with Gasteiger partial charge in [-0.2, -0.15) is 13.2 Å². The normalized spacial score (nSPS) is 23.8. The van der Waals surface area contributed by atoms with Crippen molar-refractivity contribution in [1.82, 2.24) is 10.2 Å². The van der Waals surface area contributed by atoms with Gasteiger partial charge in [0.25, 0.3) is 0 Å². The third kappa shape index (κ3) is 3.72. The van der Waals surface area contributed by atoms with Crippen molar-refractivity contribution >= 4 is 5.91 Å². The highest BCUT2D eigenvalue weighted by atomic mass is 19.4. The molecule has 1 aromatic carbocycles. The Morgan fingerprint density at radius 1 is 1.30 bits per heavy atom. The summed E-state index contributed by atoms with van der Waals surface area (Å²) in [6, 6.07) is 9.28. The average molecular weight is 286 g/mol. The van der Waals surface area contributed by atoms with Crippen molar-refractivity contribution in [2.24, 2.45) is 5.92 Å². The molecule has 0 bridgehead atoms. The molecule has 2 rings (SSSR count).